The molecule has 0 unspecified atom stereocenters. The van der Waals surface area contributed by atoms with E-state index in [4.69, 9.17) is 9.84 Å². The molecular formula is C26H25N3O. The average molecular weight is 396 g/mol. The summed E-state index contributed by atoms with van der Waals surface area (Å²) in [5.74, 6) is 1.67. The summed E-state index contributed by atoms with van der Waals surface area (Å²) in [4.78, 5) is 2.53. The Morgan fingerprint density at radius 3 is 2.20 bits per heavy atom. The number of rotatable bonds is 6. The smallest absolute Gasteiger partial charge is 0.127 e. The predicted molar refractivity (Wildman–Crippen MR) is 119 cm³/mol. The molecule has 0 amide bonds. The van der Waals surface area contributed by atoms with Crippen molar-refractivity contribution in [2.75, 3.05) is 6.54 Å². The number of likely N-dealkylation sites (tertiary alicyclic amines) is 1. The summed E-state index contributed by atoms with van der Waals surface area (Å²) in [6.45, 7) is 2.03. The number of benzene rings is 3. The Hall–Kier alpha value is -3.37. The highest BCUT2D eigenvalue weighted by atomic mass is 16.5. The number of aryl methyl sites for hydroxylation is 1. The first-order valence-electron chi connectivity index (χ1n) is 10.4. The summed E-state index contributed by atoms with van der Waals surface area (Å²) in [5.41, 5.74) is 4.82. The van der Waals surface area contributed by atoms with Gasteiger partial charge in [-0.2, -0.15) is 5.10 Å². The molecule has 0 bridgehead atoms. The van der Waals surface area contributed by atoms with E-state index < -0.39 is 0 Å². The van der Waals surface area contributed by atoms with Gasteiger partial charge in [0, 0.05) is 43.5 Å². The van der Waals surface area contributed by atoms with Crippen LogP contribution in [0.2, 0.25) is 0 Å². The van der Waals surface area contributed by atoms with Crippen molar-refractivity contribution in [1.82, 2.24) is 14.7 Å². The molecule has 1 aliphatic rings. The first-order chi connectivity index (χ1) is 14.8. The van der Waals surface area contributed by atoms with Crippen molar-refractivity contribution in [2.24, 2.45) is 7.05 Å². The number of hydrogen-bond donors (Lipinski definition) is 0. The van der Waals surface area contributed by atoms with E-state index in [2.05, 4.69) is 53.6 Å². The maximum Gasteiger partial charge on any atom is 0.127 e. The molecule has 4 aromatic rings. The summed E-state index contributed by atoms with van der Waals surface area (Å²) in [6.07, 6.45) is 3.36. The lowest BCUT2D eigenvalue weighted by Crippen LogP contribution is -2.40. The minimum absolute atomic E-state index is 0.501. The molecule has 0 spiro atoms. The molecular weight excluding hydrogens is 370 g/mol. The monoisotopic (exact) mass is 395 g/mol. The van der Waals surface area contributed by atoms with Gasteiger partial charge in [-0.05, 0) is 48.4 Å². The topological polar surface area (TPSA) is 30.3 Å². The van der Waals surface area contributed by atoms with Crippen molar-refractivity contribution in [3.8, 4) is 22.8 Å². The van der Waals surface area contributed by atoms with E-state index in [1.807, 2.05) is 54.2 Å². The molecule has 1 aliphatic heterocycles. The fourth-order valence-electron chi connectivity index (χ4n) is 4.10. The molecule has 3 aromatic carbocycles. The van der Waals surface area contributed by atoms with Crippen LogP contribution in [0.4, 0.5) is 0 Å². The van der Waals surface area contributed by atoms with Crippen molar-refractivity contribution >= 4 is 0 Å². The lowest BCUT2D eigenvalue weighted by Gasteiger charge is -2.41. The van der Waals surface area contributed by atoms with Gasteiger partial charge in [0.05, 0.1) is 5.69 Å². The van der Waals surface area contributed by atoms with Gasteiger partial charge in [-0.15, -0.1) is 0 Å². The van der Waals surface area contributed by atoms with Crippen LogP contribution in [0.3, 0.4) is 0 Å². The third-order valence-corrected chi connectivity index (χ3v) is 5.70. The SMILES string of the molecule is Cn1cc(CN2CC[C@H]2c2ccccc2)c(-c2ccc(Oc3ccccc3)cc2)n1. The Kier molecular flexibility index (Phi) is 5.08. The van der Waals surface area contributed by atoms with E-state index in [0.29, 0.717) is 6.04 Å². The second kappa shape index (κ2) is 8.17. The summed E-state index contributed by atoms with van der Waals surface area (Å²) >= 11 is 0. The number of para-hydroxylation sites is 1. The zero-order valence-electron chi connectivity index (χ0n) is 17.1. The zero-order valence-corrected chi connectivity index (χ0v) is 17.1. The highest BCUT2D eigenvalue weighted by Gasteiger charge is 2.30. The van der Waals surface area contributed by atoms with E-state index in [1.54, 1.807) is 0 Å². The van der Waals surface area contributed by atoms with Crippen LogP contribution in [0.1, 0.15) is 23.6 Å². The Morgan fingerprint density at radius 1 is 0.867 bits per heavy atom. The molecule has 1 aromatic heterocycles. The van der Waals surface area contributed by atoms with E-state index in [-0.39, 0.29) is 0 Å². The van der Waals surface area contributed by atoms with Crippen LogP contribution in [-0.2, 0) is 13.6 Å². The number of ether oxygens (including phenoxy) is 1. The molecule has 0 saturated carbocycles. The second-order valence-electron chi connectivity index (χ2n) is 7.80. The van der Waals surface area contributed by atoms with Gasteiger partial charge in [0.25, 0.3) is 0 Å². The minimum atomic E-state index is 0.501. The third kappa shape index (κ3) is 3.87. The molecule has 1 fully saturated rings. The van der Waals surface area contributed by atoms with Gasteiger partial charge in [0.2, 0.25) is 0 Å². The van der Waals surface area contributed by atoms with E-state index in [0.717, 1.165) is 35.8 Å². The molecule has 1 saturated heterocycles. The molecule has 0 radical (unpaired) electrons. The van der Waals surface area contributed by atoms with Gasteiger partial charge >= 0.3 is 0 Å². The maximum absolute atomic E-state index is 5.92. The molecule has 2 heterocycles. The summed E-state index contributed by atoms with van der Waals surface area (Å²) in [7, 11) is 1.99. The van der Waals surface area contributed by atoms with Gasteiger partial charge in [-0.1, -0.05) is 48.5 Å². The fourth-order valence-corrected chi connectivity index (χ4v) is 4.10. The van der Waals surface area contributed by atoms with Crippen molar-refractivity contribution in [3.63, 3.8) is 0 Å². The van der Waals surface area contributed by atoms with Gasteiger partial charge in [-0.3, -0.25) is 9.58 Å². The number of nitrogens with zero attached hydrogens (tertiary/aromatic N) is 3. The van der Waals surface area contributed by atoms with Crippen LogP contribution in [0.15, 0.2) is 91.1 Å². The standard InChI is InChI=1S/C26H25N3O/c1-28-18-22(19-29-17-16-25(29)20-8-4-2-5-9-20)26(27-28)21-12-14-24(15-13-21)30-23-10-6-3-7-11-23/h2-15,18,25H,16-17,19H2,1H3/t25-/m0/s1. The zero-order chi connectivity index (χ0) is 20.3. The Balaban J connectivity index is 1.33. The van der Waals surface area contributed by atoms with Crippen LogP contribution >= 0.6 is 0 Å². The van der Waals surface area contributed by atoms with E-state index >= 15 is 0 Å². The van der Waals surface area contributed by atoms with Gasteiger partial charge in [0.15, 0.2) is 0 Å². The predicted octanol–water partition coefficient (Wildman–Crippen LogP) is 5.83. The minimum Gasteiger partial charge on any atom is -0.457 e. The quantitative estimate of drug-likeness (QED) is 0.412. The maximum atomic E-state index is 5.92. The third-order valence-electron chi connectivity index (χ3n) is 5.70. The molecule has 150 valence electrons. The van der Waals surface area contributed by atoms with Crippen LogP contribution in [0, 0.1) is 0 Å². The van der Waals surface area contributed by atoms with Gasteiger partial charge in [0.1, 0.15) is 11.5 Å². The van der Waals surface area contributed by atoms with Gasteiger partial charge in [-0.25, -0.2) is 0 Å². The van der Waals surface area contributed by atoms with Gasteiger partial charge < -0.3 is 4.74 Å². The Morgan fingerprint density at radius 2 is 1.53 bits per heavy atom. The largest absolute Gasteiger partial charge is 0.457 e. The molecule has 5 rings (SSSR count). The van der Waals surface area contributed by atoms with Crippen molar-refractivity contribution < 1.29 is 4.74 Å². The van der Waals surface area contributed by atoms with Crippen LogP contribution in [0.25, 0.3) is 11.3 Å². The second-order valence-corrected chi connectivity index (χ2v) is 7.80. The lowest BCUT2D eigenvalue weighted by atomic mass is 9.94. The Bertz CT molecular complexity index is 1100. The normalized spacial score (nSPS) is 16.2. The lowest BCUT2D eigenvalue weighted by molar-refractivity contribution is 0.0821. The van der Waals surface area contributed by atoms with Crippen LogP contribution < -0.4 is 4.74 Å². The van der Waals surface area contributed by atoms with E-state index in [9.17, 15) is 0 Å². The highest BCUT2D eigenvalue weighted by Crippen LogP contribution is 2.36. The molecule has 0 N–H and O–H groups in total. The highest BCUT2D eigenvalue weighted by molar-refractivity contribution is 5.63. The molecule has 4 heteroatoms. The first kappa shape index (κ1) is 18.6. The summed E-state index contributed by atoms with van der Waals surface area (Å²) in [6, 6.07) is 29.3. The van der Waals surface area contributed by atoms with Crippen molar-refractivity contribution in [3.05, 3.63) is 102 Å². The van der Waals surface area contributed by atoms with Crippen molar-refractivity contribution in [2.45, 2.75) is 19.0 Å². The van der Waals surface area contributed by atoms with Crippen molar-refractivity contribution in [1.29, 1.82) is 0 Å². The molecule has 0 aliphatic carbocycles. The fraction of sp³-hybridized carbons (Fsp3) is 0.192. The average Bonchev–Trinajstić information content (AvgIpc) is 3.14. The number of aromatic nitrogens is 2. The Labute approximate surface area is 177 Å². The molecule has 30 heavy (non-hydrogen) atoms. The number of hydrogen-bond acceptors (Lipinski definition) is 3. The van der Waals surface area contributed by atoms with Crippen LogP contribution in [-0.4, -0.2) is 21.2 Å². The van der Waals surface area contributed by atoms with Crippen LogP contribution in [0.5, 0.6) is 11.5 Å². The first-order valence-corrected chi connectivity index (χ1v) is 10.4. The van der Waals surface area contributed by atoms with E-state index in [1.165, 1.54) is 17.5 Å². The summed E-state index contributed by atoms with van der Waals surface area (Å²) in [5, 5.41) is 4.75. The molecule has 1 atom stereocenters. The molecule has 4 nitrogen and oxygen atoms in total. The summed E-state index contributed by atoms with van der Waals surface area (Å²) < 4.78 is 7.84.